The molecule has 0 bridgehead atoms. The van der Waals surface area contributed by atoms with Gasteiger partial charge in [-0.05, 0) is 43.9 Å². The number of piperidine rings is 1. The van der Waals surface area contributed by atoms with Gasteiger partial charge in [-0.25, -0.2) is 4.98 Å². The van der Waals surface area contributed by atoms with Crippen LogP contribution in [0.3, 0.4) is 0 Å². The van der Waals surface area contributed by atoms with Gasteiger partial charge in [-0.1, -0.05) is 0 Å². The van der Waals surface area contributed by atoms with E-state index in [1.165, 1.54) is 0 Å². The van der Waals surface area contributed by atoms with Crippen molar-refractivity contribution in [3.63, 3.8) is 0 Å². The number of nitrogens with one attached hydrogen (secondary N) is 1. The molecule has 1 atom stereocenters. The minimum atomic E-state index is 0.102. The maximum absolute atomic E-state index is 12.5. The van der Waals surface area contributed by atoms with Crippen LogP contribution in [-0.2, 0) is 0 Å². The third kappa shape index (κ3) is 2.41. The van der Waals surface area contributed by atoms with Crippen molar-refractivity contribution in [2.24, 2.45) is 11.7 Å². The summed E-state index contributed by atoms with van der Waals surface area (Å²) >= 11 is 0. The molecule has 3 N–H and O–H groups in total. The number of nitrogens with zero attached hydrogens (tertiary/aromatic N) is 2. The average Bonchev–Trinajstić information content (AvgIpc) is 2.94. The molecule has 1 aromatic carbocycles. The number of imidazole rings is 1. The van der Waals surface area contributed by atoms with Crippen LogP contribution in [0, 0.1) is 5.92 Å². The second-order valence-electron chi connectivity index (χ2n) is 5.62. The Bertz CT molecular complexity index is 611. The topological polar surface area (TPSA) is 75.0 Å². The summed E-state index contributed by atoms with van der Waals surface area (Å²) in [5.74, 6) is 0.638. The molecule has 1 amide bonds. The number of amides is 1. The monoisotopic (exact) mass is 272 g/mol. The van der Waals surface area contributed by atoms with Crippen LogP contribution < -0.4 is 5.73 Å². The summed E-state index contributed by atoms with van der Waals surface area (Å²) in [7, 11) is 0. The lowest BCUT2D eigenvalue weighted by Crippen LogP contribution is -2.42. The average molecular weight is 272 g/mol. The molecule has 1 unspecified atom stereocenters. The molecule has 0 saturated carbocycles. The normalized spacial score (nSPS) is 18.4. The van der Waals surface area contributed by atoms with Gasteiger partial charge in [0.15, 0.2) is 0 Å². The Labute approximate surface area is 118 Å². The molecule has 1 aliphatic rings. The highest BCUT2D eigenvalue weighted by Gasteiger charge is 2.25. The standard InChI is InChI=1S/C15H20N4O/c1-10(16)11-4-6-19(7-5-11)15(20)12-2-3-13-14(8-12)18-9-17-13/h2-3,8-11H,4-7,16H2,1H3,(H,17,18). The van der Waals surface area contributed by atoms with E-state index < -0.39 is 0 Å². The maximum atomic E-state index is 12.5. The van der Waals surface area contributed by atoms with Crippen LogP contribution >= 0.6 is 0 Å². The molecule has 3 rings (SSSR count). The number of carbonyl (C=O) groups excluding carboxylic acids is 1. The van der Waals surface area contributed by atoms with Crippen molar-refractivity contribution in [2.45, 2.75) is 25.8 Å². The van der Waals surface area contributed by atoms with Crippen LogP contribution in [0.1, 0.15) is 30.1 Å². The first-order chi connectivity index (χ1) is 9.65. The smallest absolute Gasteiger partial charge is 0.253 e. The maximum Gasteiger partial charge on any atom is 0.253 e. The quantitative estimate of drug-likeness (QED) is 0.874. The van der Waals surface area contributed by atoms with Crippen molar-refractivity contribution in [1.29, 1.82) is 0 Å². The van der Waals surface area contributed by atoms with Crippen molar-refractivity contribution in [3.8, 4) is 0 Å². The Kier molecular flexibility index (Phi) is 3.44. The van der Waals surface area contributed by atoms with Gasteiger partial charge in [-0.15, -0.1) is 0 Å². The predicted molar refractivity (Wildman–Crippen MR) is 78.4 cm³/mol. The summed E-state index contributed by atoms with van der Waals surface area (Å²) in [6.45, 7) is 3.65. The number of rotatable bonds is 2. The van der Waals surface area contributed by atoms with Crippen LogP contribution in [0.2, 0.25) is 0 Å². The molecule has 2 aromatic rings. The van der Waals surface area contributed by atoms with E-state index in [-0.39, 0.29) is 11.9 Å². The molecule has 1 fully saturated rings. The Hall–Kier alpha value is -1.88. The largest absolute Gasteiger partial charge is 0.345 e. The van der Waals surface area contributed by atoms with Gasteiger partial charge in [-0.3, -0.25) is 4.79 Å². The van der Waals surface area contributed by atoms with Gasteiger partial charge < -0.3 is 15.6 Å². The second-order valence-corrected chi connectivity index (χ2v) is 5.62. The summed E-state index contributed by atoms with van der Waals surface area (Å²) in [4.78, 5) is 21.6. The number of H-pyrrole nitrogens is 1. The second kappa shape index (κ2) is 5.25. The third-order valence-corrected chi connectivity index (χ3v) is 4.24. The molecule has 2 heterocycles. The molecule has 20 heavy (non-hydrogen) atoms. The lowest BCUT2D eigenvalue weighted by molar-refractivity contribution is 0.0681. The van der Waals surface area contributed by atoms with Crippen LogP contribution in [0.25, 0.3) is 11.0 Å². The van der Waals surface area contributed by atoms with Gasteiger partial charge in [-0.2, -0.15) is 0 Å². The predicted octanol–water partition coefficient (Wildman–Crippen LogP) is 1.76. The number of aromatic nitrogens is 2. The van der Waals surface area contributed by atoms with E-state index in [9.17, 15) is 4.79 Å². The van der Waals surface area contributed by atoms with Crippen LogP contribution in [0.15, 0.2) is 24.5 Å². The van der Waals surface area contributed by atoms with Gasteiger partial charge >= 0.3 is 0 Å². The zero-order chi connectivity index (χ0) is 14.1. The number of nitrogens with two attached hydrogens (primary N) is 1. The molecule has 106 valence electrons. The Morgan fingerprint density at radius 2 is 2.20 bits per heavy atom. The highest BCUT2D eigenvalue weighted by molar-refractivity contribution is 5.97. The van der Waals surface area contributed by atoms with Gasteiger partial charge in [0.25, 0.3) is 5.91 Å². The van der Waals surface area contributed by atoms with E-state index in [0.29, 0.717) is 5.92 Å². The molecular formula is C15H20N4O. The van der Waals surface area contributed by atoms with E-state index in [4.69, 9.17) is 5.73 Å². The Morgan fingerprint density at radius 3 is 2.90 bits per heavy atom. The molecule has 1 aliphatic heterocycles. The zero-order valence-corrected chi connectivity index (χ0v) is 11.7. The number of likely N-dealkylation sites (tertiary alicyclic amines) is 1. The molecule has 1 aromatic heterocycles. The Morgan fingerprint density at radius 1 is 1.45 bits per heavy atom. The number of aromatic amines is 1. The molecule has 5 heteroatoms. The molecule has 0 spiro atoms. The van der Waals surface area contributed by atoms with Crippen LogP contribution in [0.4, 0.5) is 0 Å². The number of hydrogen-bond donors (Lipinski definition) is 2. The van der Waals surface area contributed by atoms with Gasteiger partial charge in [0.2, 0.25) is 0 Å². The summed E-state index contributed by atoms with van der Waals surface area (Å²) in [6.07, 6.45) is 3.64. The first-order valence-corrected chi connectivity index (χ1v) is 7.13. The van der Waals surface area contributed by atoms with Crippen molar-refractivity contribution >= 4 is 16.9 Å². The fourth-order valence-corrected chi connectivity index (χ4v) is 2.88. The fourth-order valence-electron chi connectivity index (χ4n) is 2.88. The van der Waals surface area contributed by atoms with E-state index >= 15 is 0 Å². The first-order valence-electron chi connectivity index (χ1n) is 7.13. The number of benzene rings is 1. The number of carbonyl (C=O) groups is 1. The van der Waals surface area contributed by atoms with Crippen molar-refractivity contribution < 1.29 is 4.79 Å². The summed E-state index contributed by atoms with van der Waals surface area (Å²) in [6, 6.07) is 5.83. The molecule has 0 aliphatic carbocycles. The summed E-state index contributed by atoms with van der Waals surface area (Å²) in [5, 5.41) is 0. The van der Waals surface area contributed by atoms with Gasteiger partial charge in [0.1, 0.15) is 0 Å². The first kappa shape index (κ1) is 13.1. The lowest BCUT2D eigenvalue weighted by Gasteiger charge is -2.33. The van der Waals surface area contributed by atoms with E-state index in [1.54, 1.807) is 6.33 Å². The van der Waals surface area contributed by atoms with Crippen molar-refractivity contribution in [3.05, 3.63) is 30.1 Å². The lowest BCUT2D eigenvalue weighted by atomic mass is 9.90. The Balaban J connectivity index is 1.73. The van der Waals surface area contributed by atoms with Crippen LogP contribution in [-0.4, -0.2) is 39.9 Å². The van der Waals surface area contributed by atoms with E-state index in [1.807, 2.05) is 30.0 Å². The summed E-state index contributed by atoms with van der Waals surface area (Å²) < 4.78 is 0. The van der Waals surface area contributed by atoms with Crippen LogP contribution in [0.5, 0.6) is 0 Å². The fraction of sp³-hybridized carbons (Fsp3) is 0.467. The van der Waals surface area contributed by atoms with E-state index in [2.05, 4.69) is 9.97 Å². The highest BCUT2D eigenvalue weighted by Crippen LogP contribution is 2.22. The van der Waals surface area contributed by atoms with Crippen molar-refractivity contribution in [1.82, 2.24) is 14.9 Å². The van der Waals surface area contributed by atoms with Crippen molar-refractivity contribution in [2.75, 3.05) is 13.1 Å². The molecular weight excluding hydrogens is 252 g/mol. The molecule has 1 saturated heterocycles. The van der Waals surface area contributed by atoms with Gasteiger partial charge in [0.05, 0.1) is 17.4 Å². The SMILES string of the molecule is CC(N)C1CCN(C(=O)c2ccc3nc[nH]c3c2)CC1. The molecule has 0 radical (unpaired) electrons. The zero-order valence-electron chi connectivity index (χ0n) is 11.7. The summed E-state index contributed by atoms with van der Waals surface area (Å²) in [5.41, 5.74) is 8.45. The highest BCUT2D eigenvalue weighted by atomic mass is 16.2. The van der Waals surface area contributed by atoms with E-state index in [0.717, 1.165) is 42.5 Å². The van der Waals surface area contributed by atoms with Gasteiger partial charge in [0, 0.05) is 24.7 Å². The number of hydrogen-bond acceptors (Lipinski definition) is 3. The minimum absolute atomic E-state index is 0.102. The third-order valence-electron chi connectivity index (χ3n) is 4.24. The minimum Gasteiger partial charge on any atom is -0.345 e. The molecule has 5 nitrogen and oxygen atoms in total. The number of fused-ring (bicyclic) bond motifs is 1.